The van der Waals surface area contributed by atoms with Crippen LogP contribution >= 0.6 is 0 Å². The third-order valence-corrected chi connectivity index (χ3v) is 4.88. The van der Waals surface area contributed by atoms with E-state index in [-0.39, 0.29) is 18.7 Å². The molecule has 0 N–H and O–H groups in total. The van der Waals surface area contributed by atoms with Gasteiger partial charge in [-0.3, -0.25) is 0 Å². The van der Waals surface area contributed by atoms with Crippen molar-refractivity contribution in [1.29, 1.82) is 5.26 Å². The second kappa shape index (κ2) is 6.44. The summed E-state index contributed by atoms with van der Waals surface area (Å²) < 4.78 is 5.42. The largest absolute Gasteiger partial charge is 0.445 e. The number of anilines is 1. The Kier molecular flexibility index (Phi) is 3.98. The van der Waals surface area contributed by atoms with Crippen LogP contribution in [0.1, 0.15) is 11.1 Å². The summed E-state index contributed by atoms with van der Waals surface area (Å²) in [7, 11) is 0. The van der Waals surface area contributed by atoms with Gasteiger partial charge in [-0.05, 0) is 17.7 Å². The van der Waals surface area contributed by atoms with E-state index in [2.05, 4.69) is 16.0 Å². The van der Waals surface area contributed by atoms with E-state index in [0.717, 1.165) is 12.1 Å². The summed E-state index contributed by atoms with van der Waals surface area (Å²) in [5, 5.41) is 9.24. The van der Waals surface area contributed by atoms with Crippen LogP contribution in [0.25, 0.3) is 0 Å². The zero-order valence-electron chi connectivity index (χ0n) is 13.7. The fraction of sp³-hybridized carbons (Fsp3) is 0.316. The number of carbonyl (C=O) groups excluding carboxylic acids is 1. The molecule has 2 fully saturated rings. The van der Waals surface area contributed by atoms with E-state index in [0.29, 0.717) is 30.4 Å². The van der Waals surface area contributed by atoms with Crippen LogP contribution in [0.15, 0.2) is 48.7 Å². The van der Waals surface area contributed by atoms with E-state index in [1.54, 1.807) is 23.2 Å². The van der Waals surface area contributed by atoms with E-state index in [4.69, 9.17) is 4.74 Å². The number of benzene rings is 1. The molecule has 126 valence electrons. The number of ether oxygens (including phenoxy) is 1. The van der Waals surface area contributed by atoms with Gasteiger partial charge in [-0.15, -0.1) is 0 Å². The number of hydrogen-bond donors (Lipinski definition) is 0. The van der Waals surface area contributed by atoms with Crippen molar-refractivity contribution in [3.8, 4) is 6.07 Å². The lowest BCUT2D eigenvalue weighted by Gasteiger charge is -2.44. The Morgan fingerprint density at radius 3 is 2.84 bits per heavy atom. The average molecular weight is 334 g/mol. The molecule has 0 unspecified atom stereocenters. The number of nitrogens with zero attached hydrogens (tertiary/aromatic N) is 4. The van der Waals surface area contributed by atoms with Crippen molar-refractivity contribution in [3.63, 3.8) is 0 Å². The van der Waals surface area contributed by atoms with Crippen LogP contribution in [-0.2, 0) is 11.3 Å². The summed E-state index contributed by atoms with van der Waals surface area (Å²) in [5.41, 5.74) is 1.55. The molecule has 1 aromatic heterocycles. The van der Waals surface area contributed by atoms with Crippen molar-refractivity contribution in [3.05, 3.63) is 59.8 Å². The number of fused-ring (bicyclic) bond motifs is 1. The summed E-state index contributed by atoms with van der Waals surface area (Å²) in [4.78, 5) is 20.5. The van der Waals surface area contributed by atoms with Crippen molar-refractivity contribution >= 4 is 11.9 Å². The summed E-state index contributed by atoms with van der Waals surface area (Å²) in [5.74, 6) is 1.13. The molecule has 0 spiro atoms. The lowest BCUT2D eigenvalue weighted by atomic mass is 9.91. The fourth-order valence-electron chi connectivity index (χ4n) is 3.55. The van der Waals surface area contributed by atoms with Crippen LogP contribution in [0.5, 0.6) is 0 Å². The molecule has 6 heteroatoms. The molecular weight excluding hydrogens is 316 g/mol. The molecule has 1 amide bonds. The normalized spacial score (nSPS) is 21.2. The molecule has 3 heterocycles. The van der Waals surface area contributed by atoms with Crippen molar-refractivity contribution in [1.82, 2.24) is 9.88 Å². The minimum absolute atomic E-state index is 0.214. The van der Waals surface area contributed by atoms with E-state index in [1.165, 1.54) is 0 Å². The smallest absolute Gasteiger partial charge is 0.410 e. The lowest BCUT2D eigenvalue weighted by molar-refractivity contribution is 0.103. The van der Waals surface area contributed by atoms with Crippen LogP contribution in [0, 0.1) is 17.2 Å². The standard InChI is InChI=1S/C19H18N4O2/c20-9-15-7-4-8-21-18(15)23-11-16-10-22(12-17(16)23)19(24)25-13-14-5-2-1-3-6-14/h1-8,16-17H,10-13H2/t16-,17-/m1/s1. The topological polar surface area (TPSA) is 69.5 Å². The Balaban J connectivity index is 1.37. The monoisotopic (exact) mass is 334 g/mol. The average Bonchev–Trinajstić information content (AvgIpc) is 2.98. The highest BCUT2D eigenvalue weighted by Crippen LogP contribution is 2.36. The fourth-order valence-corrected chi connectivity index (χ4v) is 3.55. The first-order chi connectivity index (χ1) is 12.3. The maximum Gasteiger partial charge on any atom is 0.410 e. The molecule has 0 aliphatic carbocycles. The van der Waals surface area contributed by atoms with E-state index in [9.17, 15) is 10.1 Å². The Labute approximate surface area is 146 Å². The third-order valence-electron chi connectivity index (χ3n) is 4.88. The molecule has 2 aliphatic heterocycles. The number of aromatic nitrogens is 1. The van der Waals surface area contributed by atoms with Gasteiger partial charge in [0.2, 0.25) is 0 Å². The number of amides is 1. The zero-order chi connectivity index (χ0) is 17.2. The van der Waals surface area contributed by atoms with Gasteiger partial charge in [0.1, 0.15) is 18.5 Å². The van der Waals surface area contributed by atoms with Gasteiger partial charge < -0.3 is 14.5 Å². The zero-order valence-corrected chi connectivity index (χ0v) is 13.7. The van der Waals surface area contributed by atoms with Crippen LogP contribution in [0.3, 0.4) is 0 Å². The Morgan fingerprint density at radius 2 is 2.04 bits per heavy atom. The molecule has 2 atom stereocenters. The Bertz CT molecular complexity index is 818. The maximum atomic E-state index is 12.3. The van der Waals surface area contributed by atoms with Gasteiger partial charge in [0.05, 0.1) is 11.6 Å². The van der Waals surface area contributed by atoms with Crippen LogP contribution in [-0.4, -0.2) is 41.7 Å². The predicted octanol–water partition coefficient (Wildman–Crippen LogP) is 2.41. The van der Waals surface area contributed by atoms with Crippen molar-refractivity contribution in [2.24, 2.45) is 5.92 Å². The maximum absolute atomic E-state index is 12.3. The highest BCUT2D eigenvalue weighted by atomic mass is 16.6. The summed E-state index contributed by atoms with van der Waals surface area (Å²) in [6.45, 7) is 2.41. The van der Waals surface area contributed by atoms with E-state index < -0.39 is 0 Å². The van der Waals surface area contributed by atoms with Crippen molar-refractivity contribution in [2.45, 2.75) is 12.6 Å². The van der Waals surface area contributed by atoms with Crippen LogP contribution < -0.4 is 4.90 Å². The number of pyridine rings is 1. The minimum atomic E-state index is -0.278. The molecule has 0 radical (unpaired) electrons. The third kappa shape index (κ3) is 2.89. The molecule has 0 saturated carbocycles. The molecule has 6 nitrogen and oxygen atoms in total. The number of rotatable bonds is 3. The SMILES string of the molecule is N#Cc1cccnc1N1C[C@H]2CN(C(=O)OCc3ccccc3)C[C@H]21. The van der Waals surface area contributed by atoms with Crippen LogP contribution in [0.4, 0.5) is 10.6 Å². The summed E-state index contributed by atoms with van der Waals surface area (Å²) in [6, 6.07) is 15.6. The highest BCUT2D eigenvalue weighted by Gasteiger charge is 2.48. The van der Waals surface area contributed by atoms with Gasteiger partial charge in [-0.2, -0.15) is 5.26 Å². The number of carbonyl (C=O) groups is 1. The molecule has 2 aliphatic rings. The van der Waals surface area contributed by atoms with Crippen molar-refractivity contribution in [2.75, 3.05) is 24.5 Å². The summed E-state index contributed by atoms with van der Waals surface area (Å²) >= 11 is 0. The molecule has 4 rings (SSSR count). The Hall–Kier alpha value is -3.07. The number of likely N-dealkylation sites (tertiary alicyclic amines) is 1. The summed E-state index contributed by atoms with van der Waals surface area (Å²) in [6.07, 6.45) is 1.42. The van der Waals surface area contributed by atoms with Crippen LogP contribution in [0.2, 0.25) is 0 Å². The van der Waals surface area contributed by atoms with Gasteiger partial charge in [0.15, 0.2) is 0 Å². The molecule has 2 saturated heterocycles. The highest BCUT2D eigenvalue weighted by molar-refractivity contribution is 5.69. The molecule has 2 aromatic rings. The molecular formula is C19H18N4O2. The predicted molar refractivity (Wildman–Crippen MR) is 91.8 cm³/mol. The van der Waals surface area contributed by atoms with Crippen molar-refractivity contribution < 1.29 is 9.53 Å². The van der Waals surface area contributed by atoms with Gasteiger partial charge >= 0.3 is 6.09 Å². The van der Waals surface area contributed by atoms with Gasteiger partial charge in [0, 0.05) is 31.7 Å². The number of nitriles is 1. The molecule has 25 heavy (non-hydrogen) atoms. The molecule has 0 bridgehead atoms. The van der Waals surface area contributed by atoms with E-state index >= 15 is 0 Å². The quantitative estimate of drug-likeness (QED) is 0.862. The molecule has 1 aromatic carbocycles. The first-order valence-electron chi connectivity index (χ1n) is 8.33. The van der Waals surface area contributed by atoms with Gasteiger partial charge in [-0.25, -0.2) is 9.78 Å². The van der Waals surface area contributed by atoms with Gasteiger partial charge in [0.25, 0.3) is 0 Å². The second-order valence-electron chi connectivity index (χ2n) is 6.41. The van der Waals surface area contributed by atoms with Gasteiger partial charge in [-0.1, -0.05) is 30.3 Å². The first kappa shape index (κ1) is 15.5. The lowest BCUT2D eigenvalue weighted by Crippen LogP contribution is -2.56. The Morgan fingerprint density at radius 1 is 1.20 bits per heavy atom. The van der Waals surface area contributed by atoms with E-state index in [1.807, 2.05) is 30.3 Å². The minimum Gasteiger partial charge on any atom is -0.445 e. The second-order valence-corrected chi connectivity index (χ2v) is 6.41. The number of hydrogen-bond acceptors (Lipinski definition) is 5. The first-order valence-corrected chi connectivity index (χ1v) is 8.33.